The van der Waals surface area contributed by atoms with Crippen LogP contribution in [0.1, 0.15) is 32.5 Å². The SMILES string of the molecule is CCNc1nc(C)c2cc(-c3cc[nH]n3)c(=O)n(C(C)C)c2n1. The predicted octanol–water partition coefficient (Wildman–Crippen LogP) is 2.50. The quantitative estimate of drug-likeness (QED) is 0.772. The minimum absolute atomic E-state index is 0.0207. The second-order valence-corrected chi connectivity index (χ2v) is 5.69. The van der Waals surface area contributed by atoms with Crippen LogP contribution >= 0.6 is 0 Å². The topological polar surface area (TPSA) is 88.5 Å². The zero-order valence-electron chi connectivity index (χ0n) is 13.7. The van der Waals surface area contributed by atoms with E-state index in [0.717, 1.165) is 17.6 Å². The highest BCUT2D eigenvalue weighted by molar-refractivity contribution is 5.83. The molecule has 0 aliphatic carbocycles. The maximum atomic E-state index is 12.9. The summed E-state index contributed by atoms with van der Waals surface area (Å²) in [6.07, 6.45) is 1.70. The first kappa shape index (κ1) is 15.2. The monoisotopic (exact) mass is 312 g/mol. The smallest absolute Gasteiger partial charge is 0.261 e. The van der Waals surface area contributed by atoms with Crippen molar-refractivity contribution in [1.82, 2.24) is 24.7 Å². The number of nitrogens with zero attached hydrogens (tertiary/aromatic N) is 4. The van der Waals surface area contributed by atoms with Gasteiger partial charge in [-0.05, 0) is 39.8 Å². The lowest BCUT2D eigenvalue weighted by molar-refractivity contribution is 0.596. The molecule has 0 atom stereocenters. The molecule has 0 spiro atoms. The number of H-pyrrole nitrogens is 1. The van der Waals surface area contributed by atoms with Gasteiger partial charge in [0.1, 0.15) is 5.65 Å². The fourth-order valence-corrected chi connectivity index (χ4v) is 2.66. The molecular formula is C16H20N6O. The Balaban J connectivity index is 2.39. The number of aromatic amines is 1. The van der Waals surface area contributed by atoms with Gasteiger partial charge in [0.15, 0.2) is 0 Å². The average Bonchev–Trinajstić information content (AvgIpc) is 3.00. The second-order valence-electron chi connectivity index (χ2n) is 5.69. The highest BCUT2D eigenvalue weighted by Crippen LogP contribution is 2.23. The van der Waals surface area contributed by atoms with Gasteiger partial charge in [0, 0.05) is 24.2 Å². The number of aryl methyl sites for hydroxylation is 1. The molecule has 7 heteroatoms. The maximum Gasteiger partial charge on any atom is 0.261 e. The molecule has 0 aliphatic rings. The molecule has 0 saturated carbocycles. The van der Waals surface area contributed by atoms with Crippen molar-refractivity contribution in [3.8, 4) is 11.3 Å². The summed E-state index contributed by atoms with van der Waals surface area (Å²) in [7, 11) is 0. The van der Waals surface area contributed by atoms with Crippen LogP contribution in [0.2, 0.25) is 0 Å². The van der Waals surface area contributed by atoms with E-state index in [4.69, 9.17) is 0 Å². The molecule has 120 valence electrons. The normalized spacial score (nSPS) is 11.3. The van der Waals surface area contributed by atoms with E-state index in [1.165, 1.54) is 0 Å². The predicted molar refractivity (Wildman–Crippen MR) is 90.7 cm³/mol. The number of hydrogen-bond donors (Lipinski definition) is 2. The fourth-order valence-electron chi connectivity index (χ4n) is 2.66. The van der Waals surface area contributed by atoms with E-state index in [0.29, 0.717) is 22.9 Å². The van der Waals surface area contributed by atoms with Crippen LogP contribution in [0.15, 0.2) is 23.1 Å². The van der Waals surface area contributed by atoms with Crippen LogP contribution in [0.3, 0.4) is 0 Å². The van der Waals surface area contributed by atoms with Crippen LogP contribution in [-0.2, 0) is 0 Å². The van der Waals surface area contributed by atoms with Crippen molar-refractivity contribution in [2.45, 2.75) is 33.7 Å². The van der Waals surface area contributed by atoms with Crippen LogP contribution in [0.4, 0.5) is 5.95 Å². The molecule has 0 bridgehead atoms. The lowest BCUT2D eigenvalue weighted by Gasteiger charge is -2.16. The molecular weight excluding hydrogens is 292 g/mol. The summed E-state index contributed by atoms with van der Waals surface area (Å²) in [5, 5.41) is 10.9. The first-order valence-corrected chi connectivity index (χ1v) is 7.70. The molecule has 7 nitrogen and oxygen atoms in total. The van der Waals surface area contributed by atoms with E-state index in [9.17, 15) is 4.79 Å². The summed E-state index contributed by atoms with van der Waals surface area (Å²) in [4.78, 5) is 22.0. The third-order valence-electron chi connectivity index (χ3n) is 3.71. The third-order valence-corrected chi connectivity index (χ3v) is 3.71. The van der Waals surface area contributed by atoms with Crippen LogP contribution < -0.4 is 10.9 Å². The van der Waals surface area contributed by atoms with Crippen molar-refractivity contribution in [2.24, 2.45) is 0 Å². The van der Waals surface area contributed by atoms with Gasteiger partial charge in [-0.1, -0.05) is 0 Å². The minimum atomic E-state index is -0.0971. The van der Waals surface area contributed by atoms with Crippen molar-refractivity contribution >= 4 is 17.0 Å². The number of fused-ring (bicyclic) bond motifs is 1. The van der Waals surface area contributed by atoms with Crippen LogP contribution in [-0.4, -0.2) is 31.3 Å². The first-order chi connectivity index (χ1) is 11.0. The van der Waals surface area contributed by atoms with Crippen LogP contribution in [0, 0.1) is 6.92 Å². The summed E-state index contributed by atoms with van der Waals surface area (Å²) in [5.41, 5.74) is 2.56. The standard InChI is InChI=1S/C16H20N6O/c1-5-17-16-19-10(4)11-8-12(13-6-7-18-21-13)15(23)22(9(2)3)14(11)20-16/h6-9H,5H2,1-4H3,(H,18,21)(H,17,19,20). The molecule has 0 aromatic carbocycles. The summed E-state index contributed by atoms with van der Waals surface area (Å²) >= 11 is 0. The van der Waals surface area contributed by atoms with Gasteiger partial charge in [-0.15, -0.1) is 0 Å². The number of aromatic nitrogens is 5. The van der Waals surface area contributed by atoms with Gasteiger partial charge in [0.2, 0.25) is 5.95 Å². The summed E-state index contributed by atoms with van der Waals surface area (Å²) in [6, 6.07) is 3.60. The van der Waals surface area contributed by atoms with Crippen molar-refractivity contribution in [3.05, 3.63) is 34.4 Å². The third kappa shape index (κ3) is 2.58. The Morgan fingerprint density at radius 1 is 1.35 bits per heavy atom. The zero-order valence-corrected chi connectivity index (χ0v) is 13.7. The van der Waals surface area contributed by atoms with Crippen molar-refractivity contribution in [1.29, 1.82) is 0 Å². The van der Waals surface area contributed by atoms with Gasteiger partial charge >= 0.3 is 0 Å². The number of rotatable bonds is 4. The van der Waals surface area contributed by atoms with Crippen LogP contribution in [0.5, 0.6) is 0 Å². The molecule has 3 heterocycles. The Bertz CT molecular complexity index is 895. The van der Waals surface area contributed by atoms with Crippen molar-refractivity contribution in [3.63, 3.8) is 0 Å². The molecule has 23 heavy (non-hydrogen) atoms. The maximum absolute atomic E-state index is 12.9. The Morgan fingerprint density at radius 3 is 2.74 bits per heavy atom. The van der Waals surface area contributed by atoms with Gasteiger partial charge in [-0.25, -0.2) is 4.98 Å². The van der Waals surface area contributed by atoms with Gasteiger partial charge in [-0.2, -0.15) is 10.1 Å². The van der Waals surface area contributed by atoms with Gasteiger partial charge in [-0.3, -0.25) is 14.5 Å². The van der Waals surface area contributed by atoms with E-state index in [1.54, 1.807) is 16.8 Å². The minimum Gasteiger partial charge on any atom is -0.354 e. The molecule has 3 aromatic heterocycles. The number of nitrogens with one attached hydrogen (secondary N) is 2. The fraction of sp³-hybridized carbons (Fsp3) is 0.375. The molecule has 0 fully saturated rings. The molecule has 0 saturated heterocycles. The molecule has 3 rings (SSSR count). The Kier molecular flexibility index (Phi) is 3.85. The Morgan fingerprint density at radius 2 is 2.13 bits per heavy atom. The van der Waals surface area contributed by atoms with Crippen molar-refractivity contribution in [2.75, 3.05) is 11.9 Å². The summed E-state index contributed by atoms with van der Waals surface area (Å²) in [6.45, 7) is 8.58. The summed E-state index contributed by atoms with van der Waals surface area (Å²) in [5.74, 6) is 0.541. The van der Waals surface area contributed by atoms with Crippen LogP contribution in [0.25, 0.3) is 22.3 Å². The number of hydrogen-bond acceptors (Lipinski definition) is 5. The molecule has 0 radical (unpaired) electrons. The lowest BCUT2D eigenvalue weighted by Crippen LogP contribution is -2.25. The summed E-state index contributed by atoms with van der Waals surface area (Å²) < 4.78 is 1.70. The molecule has 3 aromatic rings. The molecule has 0 amide bonds. The number of pyridine rings is 1. The number of anilines is 1. The largest absolute Gasteiger partial charge is 0.354 e. The van der Waals surface area contributed by atoms with Gasteiger partial charge in [0.05, 0.1) is 17.0 Å². The molecule has 0 aliphatic heterocycles. The van der Waals surface area contributed by atoms with E-state index in [2.05, 4.69) is 25.5 Å². The van der Waals surface area contributed by atoms with Gasteiger partial charge < -0.3 is 5.32 Å². The van der Waals surface area contributed by atoms with Gasteiger partial charge in [0.25, 0.3) is 5.56 Å². The zero-order chi connectivity index (χ0) is 16.6. The Labute approximate surface area is 133 Å². The van der Waals surface area contributed by atoms with E-state index in [1.807, 2.05) is 33.8 Å². The average molecular weight is 312 g/mol. The Hall–Kier alpha value is -2.70. The molecule has 2 N–H and O–H groups in total. The second kappa shape index (κ2) is 5.83. The van der Waals surface area contributed by atoms with E-state index in [-0.39, 0.29) is 11.6 Å². The molecule has 0 unspecified atom stereocenters. The lowest BCUT2D eigenvalue weighted by atomic mass is 10.1. The van der Waals surface area contributed by atoms with E-state index < -0.39 is 0 Å². The van der Waals surface area contributed by atoms with E-state index >= 15 is 0 Å². The first-order valence-electron chi connectivity index (χ1n) is 7.70. The highest BCUT2D eigenvalue weighted by atomic mass is 16.1. The van der Waals surface area contributed by atoms with Crippen molar-refractivity contribution < 1.29 is 0 Å². The highest BCUT2D eigenvalue weighted by Gasteiger charge is 2.17.